The molecule has 1 aliphatic carbocycles. The number of rotatable bonds is 6. The van der Waals surface area contributed by atoms with Gasteiger partial charge in [0.1, 0.15) is 5.75 Å². The Bertz CT molecular complexity index is 1250. The summed E-state index contributed by atoms with van der Waals surface area (Å²) in [5, 5.41) is 11.4. The number of benzene rings is 3. The first-order valence-electron chi connectivity index (χ1n) is 9.81. The van der Waals surface area contributed by atoms with E-state index >= 15 is 0 Å². The molecule has 1 N–H and O–H groups in total. The highest BCUT2D eigenvalue weighted by Gasteiger charge is 2.18. The fraction of sp³-hybridized carbons (Fsp3) is 0.125. The normalized spacial score (nSPS) is 11.6. The monoisotopic (exact) mass is 429 g/mol. The van der Waals surface area contributed by atoms with E-state index in [0.717, 1.165) is 23.4 Å². The van der Waals surface area contributed by atoms with Gasteiger partial charge in [-0.1, -0.05) is 42.1 Å². The number of methoxy groups -OCH3 is 1. The van der Waals surface area contributed by atoms with Crippen molar-refractivity contribution >= 4 is 23.4 Å². The van der Waals surface area contributed by atoms with Crippen LogP contribution in [0, 0.1) is 0 Å². The molecule has 0 saturated heterocycles. The van der Waals surface area contributed by atoms with Gasteiger partial charge >= 0.3 is 0 Å². The summed E-state index contributed by atoms with van der Waals surface area (Å²) in [6.45, 7) is 0. The Labute approximate surface area is 183 Å². The summed E-state index contributed by atoms with van der Waals surface area (Å²) in [4.78, 5) is 12.4. The molecule has 1 aromatic heterocycles. The van der Waals surface area contributed by atoms with Gasteiger partial charge in [-0.25, -0.2) is 0 Å². The Morgan fingerprint density at radius 2 is 1.84 bits per heavy atom. The minimum absolute atomic E-state index is 0.121. The number of amides is 1. The van der Waals surface area contributed by atoms with Crippen LogP contribution in [0.3, 0.4) is 0 Å². The van der Waals surface area contributed by atoms with Gasteiger partial charge in [-0.3, -0.25) is 4.79 Å². The number of fused-ring (bicyclic) bond motifs is 3. The first-order chi connectivity index (χ1) is 15.2. The van der Waals surface area contributed by atoms with E-state index in [-0.39, 0.29) is 11.7 Å². The van der Waals surface area contributed by atoms with Crippen LogP contribution in [0.5, 0.6) is 5.75 Å². The van der Waals surface area contributed by atoms with Crippen LogP contribution in [0.4, 0.5) is 5.69 Å². The number of anilines is 1. The number of carbonyl (C=O) groups excluding carboxylic acids is 1. The lowest BCUT2D eigenvalue weighted by atomic mass is 10.1. The summed E-state index contributed by atoms with van der Waals surface area (Å²) >= 11 is 1.21. The number of hydrogen-bond donors (Lipinski definition) is 1. The Morgan fingerprint density at radius 3 is 2.68 bits per heavy atom. The lowest BCUT2D eigenvalue weighted by molar-refractivity contribution is -0.113. The molecule has 6 nitrogen and oxygen atoms in total. The Hall–Kier alpha value is -3.58. The Kier molecular flexibility index (Phi) is 5.18. The van der Waals surface area contributed by atoms with Crippen molar-refractivity contribution in [2.24, 2.45) is 0 Å². The van der Waals surface area contributed by atoms with Crippen LogP contribution in [0.2, 0.25) is 0 Å². The third-order valence-electron chi connectivity index (χ3n) is 5.15. The van der Waals surface area contributed by atoms with Gasteiger partial charge in [0.2, 0.25) is 11.8 Å². The molecule has 1 aliphatic rings. The third kappa shape index (κ3) is 4.04. The van der Waals surface area contributed by atoms with Crippen LogP contribution >= 0.6 is 11.8 Å². The van der Waals surface area contributed by atoms with Crippen molar-refractivity contribution in [1.29, 1.82) is 0 Å². The maximum absolute atomic E-state index is 12.4. The van der Waals surface area contributed by atoms with E-state index in [9.17, 15) is 4.79 Å². The number of nitrogens with one attached hydrogen (secondary N) is 1. The molecule has 0 saturated carbocycles. The topological polar surface area (TPSA) is 77.2 Å². The first-order valence-corrected chi connectivity index (χ1v) is 10.8. The molecule has 0 bridgehead atoms. The van der Waals surface area contributed by atoms with E-state index in [2.05, 4.69) is 45.8 Å². The molecule has 1 heterocycles. The fourth-order valence-electron chi connectivity index (χ4n) is 3.67. The maximum Gasteiger partial charge on any atom is 0.277 e. The van der Waals surface area contributed by atoms with Gasteiger partial charge in [0.05, 0.1) is 12.9 Å². The molecule has 31 heavy (non-hydrogen) atoms. The zero-order valence-electron chi connectivity index (χ0n) is 16.8. The van der Waals surface area contributed by atoms with E-state index in [1.807, 2.05) is 36.4 Å². The molecule has 0 fully saturated rings. The largest absolute Gasteiger partial charge is 0.497 e. The zero-order chi connectivity index (χ0) is 21.2. The maximum atomic E-state index is 12.4. The highest BCUT2D eigenvalue weighted by Crippen LogP contribution is 2.37. The highest BCUT2D eigenvalue weighted by molar-refractivity contribution is 7.99. The molecule has 0 atom stereocenters. The van der Waals surface area contributed by atoms with Crippen molar-refractivity contribution in [2.75, 3.05) is 18.2 Å². The van der Waals surface area contributed by atoms with E-state index in [1.165, 1.54) is 34.0 Å². The zero-order valence-corrected chi connectivity index (χ0v) is 17.6. The lowest BCUT2D eigenvalue weighted by Crippen LogP contribution is -2.14. The van der Waals surface area contributed by atoms with Crippen LogP contribution in [-0.2, 0) is 11.2 Å². The first kappa shape index (κ1) is 19.4. The molecule has 3 aromatic carbocycles. The van der Waals surface area contributed by atoms with E-state index in [4.69, 9.17) is 9.15 Å². The van der Waals surface area contributed by atoms with E-state index < -0.39 is 0 Å². The van der Waals surface area contributed by atoms with Crippen LogP contribution < -0.4 is 10.1 Å². The predicted octanol–water partition coefficient (Wildman–Crippen LogP) is 5.05. The molecule has 0 unspecified atom stereocenters. The Morgan fingerprint density at radius 1 is 1.03 bits per heavy atom. The van der Waals surface area contributed by atoms with Crippen molar-refractivity contribution in [3.8, 4) is 28.3 Å². The summed E-state index contributed by atoms with van der Waals surface area (Å²) < 4.78 is 10.8. The van der Waals surface area contributed by atoms with Crippen molar-refractivity contribution in [3.63, 3.8) is 0 Å². The molecule has 0 radical (unpaired) electrons. The highest BCUT2D eigenvalue weighted by atomic mass is 32.2. The van der Waals surface area contributed by atoms with Gasteiger partial charge in [-0.05, 0) is 65.1 Å². The second-order valence-electron chi connectivity index (χ2n) is 7.14. The third-order valence-corrected chi connectivity index (χ3v) is 5.97. The quantitative estimate of drug-likeness (QED) is 0.381. The summed E-state index contributed by atoms with van der Waals surface area (Å²) in [6, 6.07) is 21.8. The van der Waals surface area contributed by atoms with Crippen molar-refractivity contribution < 1.29 is 13.9 Å². The smallest absolute Gasteiger partial charge is 0.277 e. The summed E-state index contributed by atoms with van der Waals surface area (Å²) in [5.41, 5.74) is 6.65. The number of thioether (sulfide) groups is 1. The van der Waals surface area contributed by atoms with Gasteiger partial charge in [-0.2, -0.15) is 0 Å². The molecular formula is C24H19N3O3S. The van der Waals surface area contributed by atoms with Crippen LogP contribution in [0.15, 0.2) is 76.4 Å². The lowest BCUT2D eigenvalue weighted by Gasteiger charge is -2.07. The minimum Gasteiger partial charge on any atom is -0.497 e. The van der Waals surface area contributed by atoms with Crippen molar-refractivity contribution in [2.45, 2.75) is 11.6 Å². The van der Waals surface area contributed by atoms with Gasteiger partial charge in [0, 0.05) is 11.3 Å². The molecule has 4 aromatic rings. The summed E-state index contributed by atoms with van der Waals surface area (Å²) in [5.74, 6) is 1.22. The van der Waals surface area contributed by atoms with Crippen molar-refractivity contribution in [1.82, 2.24) is 10.2 Å². The standard InChI is InChI=1S/C24H19N3O3S/c1-29-19-9-6-15(7-10-19)23-26-27-24(30-23)31-14-22(28)25-18-8-11-21-17(13-18)12-16-4-2-3-5-20(16)21/h2-11,13H,12,14H2,1H3,(H,25,28). The molecular weight excluding hydrogens is 410 g/mol. The Balaban J connectivity index is 1.19. The second-order valence-corrected chi connectivity index (χ2v) is 8.07. The molecule has 0 spiro atoms. The average molecular weight is 430 g/mol. The van der Waals surface area contributed by atoms with Gasteiger partial charge in [-0.15, -0.1) is 10.2 Å². The second kappa shape index (κ2) is 8.28. The molecule has 1 amide bonds. The van der Waals surface area contributed by atoms with Gasteiger partial charge < -0.3 is 14.5 Å². The minimum atomic E-state index is -0.121. The fourth-order valence-corrected chi connectivity index (χ4v) is 4.23. The summed E-state index contributed by atoms with van der Waals surface area (Å²) in [7, 11) is 1.61. The molecule has 7 heteroatoms. The van der Waals surface area contributed by atoms with E-state index in [0.29, 0.717) is 11.1 Å². The van der Waals surface area contributed by atoms with Crippen LogP contribution in [-0.4, -0.2) is 29.0 Å². The van der Waals surface area contributed by atoms with Crippen molar-refractivity contribution in [3.05, 3.63) is 77.9 Å². The summed E-state index contributed by atoms with van der Waals surface area (Å²) in [6.07, 6.45) is 0.889. The SMILES string of the molecule is COc1ccc(-c2nnc(SCC(=O)Nc3ccc4c(c3)Cc3ccccc3-4)o2)cc1. The number of carbonyl (C=O) groups is 1. The molecule has 5 rings (SSSR count). The number of nitrogens with zero attached hydrogens (tertiary/aromatic N) is 2. The van der Waals surface area contributed by atoms with Gasteiger partial charge in [0.25, 0.3) is 5.22 Å². The van der Waals surface area contributed by atoms with Crippen LogP contribution in [0.1, 0.15) is 11.1 Å². The van der Waals surface area contributed by atoms with Gasteiger partial charge in [0.15, 0.2) is 0 Å². The van der Waals surface area contributed by atoms with Crippen LogP contribution in [0.25, 0.3) is 22.6 Å². The predicted molar refractivity (Wildman–Crippen MR) is 120 cm³/mol. The average Bonchev–Trinajstić information content (AvgIpc) is 3.42. The molecule has 0 aliphatic heterocycles. The number of hydrogen-bond acceptors (Lipinski definition) is 6. The molecule has 154 valence electrons. The number of ether oxygens (including phenoxy) is 1. The number of aromatic nitrogens is 2. The van der Waals surface area contributed by atoms with E-state index in [1.54, 1.807) is 7.11 Å².